The van der Waals surface area contributed by atoms with E-state index in [-0.39, 0.29) is 158 Å². The Balaban J connectivity index is 0.000000523. The molecule has 0 bridgehead atoms. The lowest BCUT2D eigenvalue weighted by Crippen LogP contribution is -2.51. The minimum Gasteiger partial charge on any atom is -0.496 e. The molecule has 0 radical (unpaired) electrons. The molecule has 6 rings (SSSR count). The van der Waals surface area contributed by atoms with Crippen molar-refractivity contribution >= 4 is 108 Å². The van der Waals surface area contributed by atoms with Gasteiger partial charge in [-0.1, -0.05) is 73.5 Å². The average molecular weight is 1710 g/mol. The Kier molecular flexibility index (Phi) is 53.3. The van der Waals surface area contributed by atoms with E-state index in [1.54, 1.807) is 49.6 Å². The van der Waals surface area contributed by atoms with Crippen LogP contribution in [0.3, 0.4) is 0 Å². The molecule has 3 aromatic carbocycles. The Hall–Kier alpha value is -6.83. The van der Waals surface area contributed by atoms with E-state index in [1.807, 2.05) is 58.2 Å². The van der Waals surface area contributed by atoms with Crippen molar-refractivity contribution in [2.75, 3.05) is 164 Å². The summed E-state index contributed by atoms with van der Waals surface area (Å²) in [6.45, 7) is 9.72. The van der Waals surface area contributed by atoms with E-state index in [9.17, 15) is 53.7 Å². The number of aliphatic hydroxyl groups is 7. The molecule has 1 fully saturated rings. The molecule has 35 nitrogen and oxygen atoms in total. The molecule has 38 heteroatoms. The summed E-state index contributed by atoms with van der Waals surface area (Å²) in [7, 11) is 10.6. The first-order valence-corrected chi connectivity index (χ1v) is 41.9. The third-order valence-electron chi connectivity index (χ3n) is 18.3. The molecule has 0 aliphatic carbocycles. The number of halogens is 1. The van der Waals surface area contributed by atoms with Crippen molar-refractivity contribution in [2.24, 2.45) is 0 Å². The lowest BCUT2D eigenvalue weighted by atomic mass is 9.95. The molecule has 0 spiro atoms. The first kappa shape index (κ1) is 103. The molecule has 116 heavy (non-hydrogen) atoms. The van der Waals surface area contributed by atoms with Crippen molar-refractivity contribution in [2.45, 2.75) is 180 Å². The van der Waals surface area contributed by atoms with E-state index in [1.165, 1.54) is 35.5 Å². The highest BCUT2D eigenvalue weighted by Crippen LogP contribution is 2.46. The second kappa shape index (κ2) is 59.8. The third-order valence-corrected chi connectivity index (χ3v) is 20.5. The molecule has 1 saturated heterocycles. The minimum absolute atomic E-state index is 0.0378. The van der Waals surface area contributed by atoms with Crippen molar-refractivity contribution < 1.29 is 141 Å². The number of alkyl halides is 1. The SMILES string of the molecule is CCC(CO)OC(CO)OC.CCC(CO)OC(COC(=O)CCCC(=O)NCCN1CCN(C(=O)Oc2cc3c(c4ccccc24)[C@H](CCl)CN3C(=O)c2cc3cc(OC)c(CO)c(CO)c3[nH]2)CC1)OC.CCC(CO)OC(COC(=O)CCCC(=O)NCCSSC)OC.CCC(CO)OC(COC(=O)CCCC(=O)O)OC. The number of piperazine rings is 1. The highest BCUT2D eigenvalue weighted by molar-refractivity contribution is 8.76. The second-order valence-corrected chi connectivity index (χ2v) is 29.2. The van der Waals surface area contributed by atoms with Crippen molar-refractivity contribution in [3.63, 3.8) is 0 Å². The zero-order valence-corrected chi connectivity index (χ0v) is 70.6. The van der Waals surface area contributed by atoms with Crippen LogP contribution in [0.5, 0.6) is 11.5 Å². The number of hydrogen-bond acceptors (Lipinski definition) is 31. The zero-order chi connectivity index (χ0) is 85.9. The summed E-state index contributed by atoms with van der Waals surface area (Å²) in [6, 6.07) is 12.7. The molecular weight excluding hydrogens is 1580 g/mol. The predicted octanol–water partition coefficient (Wildman–Crippen LogP) is 5.87. The molecule has 4 amide bonds. The molecular formula is C78H123ClN6O29S2. The molecule has 2 aliphatic rings. The second-order valence-electron chi connectivity index (χ2n) is 26.2. The molecule has 2 aliphatic heterocycles. The molecule has 658 valence electrons. The van der Waals surface area contributed by atoms with Gasteiger partial charge in [-0.15, -0.1) is 11.6 Å². The Morgan fingerprint density at radius 2 is 1.03 bits per heavy atom. The van der Waals surface area contributed by atoms with Crippen LogP contribution in [0.1, 0.15) is 144 Å². The zero-order valence-electron chi connectivity index (χ0n) is 68.3. The molecule has 4 aromatic rings. The number of benzene rings is 3. The van der Waals surface area contributed by atoms with Gasteiger partial charge in [0.25, 0.3) is 5.91 Å². The summed E-state index contributed by atoms with van der Waals surface area (Å²) in [6.07, 6.45) is 1.44. The summed E-state index contributed by atoms with van der Waals surface area (Å²) < 4.78 is 68.1. The number of carboxylic acid groups (broad SMARTS) is 1. The van der Waals surface area contributed by atoms with Gasteiger partial charge in [0.05, 0.1) is 89.0 Å². The number of carboxylic acids is 1. The molecule has 11 N–H and O–H groups in total. The van der Waals surface area contributed by atoms with Crippen LogP contribution in [0.2, 0.25) is 0 Å². The van der Waals surface area contributed by atoms with Gasteiger partial charge in [0.2, 0.25) is 11.8 Å². The number of ether oxygens (including phenoxy) is 13. The molecule has 9 atom stereocenters. The number of H-pyrrole nitrogens is 1. The number of aliphatic hydroxyl groups excluding tert-OH is 7. The lowest BCUT2D eigenvalue weighted by molar-refractivity contribution is -0.194. The maximum Gasteiger partial charge on any atom is 0.415 e. The number of rotatable bonds is 52. The number of anilines is 1. The molecule has 0 saturated carbocycles. The normalized spacial score (nSPS) is 15.3. The number of fused-ring (bicyclic) bond motifs is 4. The molecule has 8 unspecified atom stereocenters. The number of carbonyl (C=O) groups excluding carboxylic acids is 7. The minimum atomic E-state index is -0.945. The maximum absolute atomic E-state index is 14.3. The van der Waals surface area contributed by atoms with E-state index in [0.717, 1.165) is 16.7 Å². The first-order chi connectivity index (χ1) is 55.9. The number of amides is 4. The number of hydrogen-bond donors (Lipinski definition) is 11. The van der Waals surface area contributed by atoms with Gasteiger partial charge < -0.3 is 128 Å². The smallest absolute Gasteiger partial charge is 0.415 e. The van der Waals surface area contributed by atoms with Crippen LogP contribution in [0, 0.1) is 0 Å². The number of nitrogens with zero attached hydrogens (tertiary/aromatic N) is 3. The van der Waals surface area contributed by atoms with Crippen molar-refractivity contribution in [3.05, 3.63) is 64.8 Å². The Morgan fingerprint density at radius 3 is 1.46 bits per heavy atom. The fraction of sp³-hybridized carbons (Fsp3) is 0.667. The van der Waals surface area contributed by atoms with Crippen LogP contribution in [-0.4, -0.2) is 312 Å². The van der Waals surface area contributed by atoms with E-state index in [2.05, 4.69) is 20.5 Å². The Morgan fingerprint density at radius 1 is 0.569 bits per heavy atom. The van der Waals surface area contributed by atoms with Gasteiger partial charge in [-0.25, -0.2) is 4.79 Å². The fourth-order valence-corrected chi connectivity index (χ4v) is 12.9. The van der Waals surface area contributed by atoms with Gasteiger partial charge in [-0.05, 0) is 74.3 Å². The molecule has 1 aromatic heterocycles. The largest absolute Gasteiger partial charge is 0.496 e. The van der Waals surface area contributed by atoms with Crippen LogP contribution in [0.15, 0.2) is 42.5 Å². The molecule has 3 heterocycles. The van der Waals surface area contributed by atoms with Crippen LogP contribution >= 0.6 is 33.2 Å². The van der Waals surface area contributed by atoms with Crippen LogP contribution < -0.4 is 25.0 Å². The standard InChI is InChI=1S/C44H56ClN5O12.C15H29NO6S2.C12H22O7.C7H16O4/c1-4-29(23-51)61-40(59-3)26-60-39(55)11-7-10-38(54)46-12-13-48-14-16-49(17-15-48)44(57)62-37-20-35-41(31-9-6-5-8-30(31)37)28(21-45)22-50(35)43(56)34-18-27-19-36(58-2)32(24-52)33(25-53)42(27)47-34;1-4-12(10-17)22-15(20-2)11-21-14(19)7-5-6-13(18)16-8-9-24-23-3;1-3-9(7-13)19-12(17-2)8-18-11(16)6-4-5-10(14)15;1-3-6(4-8)11-7(5-9)10-2/h5-6,8-9,18-20,28-29,40,47,51-53H,4,7,10-17,21-26H2,1-3H3,(H,46,54);12,15,17H,4-11H2,1-3H3,(H,16,18);9,12-13H,3-8H2,1-2H3,(H,14,15);6-9H,3-5H2,1-2H3/t28-,29?,40?;;;/m1.../s1. The quantitative estimate of drug-likeness (QED) is 0.00614. The number of esters is 3. The number of aromatic amines is 1. The topological polar surface area (TPSA) is 468 Å². The van der Waals surface area contributed by atoms with Gasteiger partial charge in [-0.3, -0.25) is 38.5 Å². The van der Waals surface area contributed by atoms with Crippen molar-refractivity contribution in [1.82, 2.24) is 25.4 Å². The number of aliphatic carboxylic acids is 1. The van der Waals surface area contributed by atoms with Gasteiger partial charge in [0, 0.05) is 165 Å². The highest BCUT2D eigenvalue weighted by atomic mass is 35.5. The van der Waals surface area contributed by atoms with Crippen LogP contribution in [0.4, 0.5) is 10.5 Å². The van der Waals surface area contributed by atoms with Gasteiger partial charge in [0.15, 0.2) is 25.2 Å². The monoisotopic (exact) mass is 1710 g/mol. The summed E-state index contributed by atoms with van der Waals surface area (Å²) >= 11 is 6.52. The number of aromatic nitrogens is 1. The van der Waals surface area contributed by atoms with Crippen LogP contribution in [-0.2, 0) is 94.1 Å². The van der Waals surface area contributed by atoms with Gasteiger partial charge in [0.1, 0.15) is 37.0 Å². The van der Waals surface area contributed by atoms with Crippen molar-refractivity contribution in [3.8, 4) is 11.5 Å². The van der Waals surface area contributed by atoms with E-state index in [4.69, 9.17) is 98.7 Å². The summed E-state index contributed by atoms with van der Waals surface area (Å²) in [5.41, 5.74) is 3.10. The first-order valence-electron chi connectivity index (χ1n) is 38.7. The average Bonchev–Trinajstić information content (AvgIpc) is 1.59. The summed E-state index contributed by atoms with van der Waals surface area (Å²) in [5.74, 6) is -1.27. The van der Waals surface area contributed by atoms with Gasteiger partial charge in [-0.2, -0.15) is 0 Å². The number of carbonyl (C=O) groups is 8. The lowest BCUT2D eigenvalue weighted by Gasteiger charge is -2.34. The fourth-order valence-electron chi connectivity index (χ4n) is 11.6. The van der Waals surface area contributed by atoms with E-state index < -0.39 is 61.2 Å². The maximum atomic E-state index is 14.3. The summed E-state index contributed by atoms with van der Waals surface area (Å²) in [4.78, 5) is 106. The highest BCUT2D eigenvalue weighted by Gasteiger charge is 2.37. The van der Waals surface area contributed by atoms with E-state index >= 15 is 0 Å². The predicted molar refractivity (Wildman–Crippen MR) is 433 cm³/mol. The van der Waals surface area contributed by atoms with E-state index in [0.29, 0.717) is 142 Å². The third kappa shape index (κ3) is 36.8. The number of nitrogens with one attached hydrogen (secondary N) is 3. The van der Waals surface area contributed by atoms with Gasteiger partial charge >= 0.3 is 30.0 Å². The Labute approximate surface area is 690 Å². The van der Waals surface area contributed by atoms with Crippen LogP contribution in [0.25, 0.3) is 21.7 Å². The van der Waals surface area contributed by atoms with Crippen molar-refractivity contribution in [1.29, 1.82) is 0 Å². The number of methoxy groups -OCH3 is 5. The summed E-state index contributed by atoms with van der Waals surface area (Å²) in [5, 5.41) is 81.2. The Bertz CT molecular complexity index is 3500.